The number of carbonyl (C=O) groups excluding carboxylic acids is 1. The van der Waals surface area contributed by atoms with Crippen LogP contribution in [0.2, 0.25) is 0 Å². The topological polar surface area (TPSA) is 56.2 Å². The third kappa shape index (κ3) is 4.32. The van der Waals surface area contributed by atoms with Gasteiger partial charge in [0.2, 0.25) is 0 Å². The maximum Gasteiger partial charge on any atom is 0.253 e. The summed E-state index contributed by atoms with van der Waals surface area (Å²) in [6, 6.07) is 7.43. The number of hydrogen-bond acceptors (Lipinski definition) is 5. The van der Waals surface area contributed by atoms with Crippen molar-refractivity contribution < 1.29 is 14.6 Å². The third-order valence-corrected chi connectivity index (χ3v) is 5.44. The standard InChI is InChI=1S/C19H29N3O3/c1-20-10-12-21(13-11-20)17-6-8-22(9-7-18(17)23)19(24)15-4-3-5-16(14-15)25-2/h3-5,14,17-18,23H,6-13H2,1-2H3/t17-,18-/m0/s1. The first-order chi connectivity index (χ1) is 12.1. The fourth-order valence-electron chi connectivity index (χ4n) is 3.79. The normalized spacial score (nSPS) is 26.3. The molecule has 1 N–H and O–H groups in total. The molecular weight excluding hydrogens is 318 g/mol. The summed E-state index contributed by atoms with van der Waals surface area (Å²) in [7, 11) is 3.74. The Hall–Kier alpha value is -1.63. The van der Waals surface area contributed by atoms with Crippen LogP contribution in [-0.2, 0) is 0 Å². The zero-order chi connectivity index (χ0) is 17.8. The van der Waals surface area contributed by atoms with Crippen LogP contribution in [0.3, 0.4) is 0 Å². The number of benzene rings is 1. The van der Waals surface area contributed by atoms with Gasteiger partial charge < -0.3 is 19.6 Å². The van der Waals surface area contributed by atoms with E-state index in [1.54, 1.807) is 13.2 Å². The minimum Gasteiger partial charge on any atom is -0.497 e. The smallest absolute Gasteiger partial charge is 0.253 e. The van der Waals surface area contributed by atoms with E-state index in [0.29, 0.717) is 30.8 Å². The van der Waals surface area contributed by atoms with Gasteiger partial charge in [-0.1, -0.05) is 6.07 Å². The van der Waals surface area contributed by atoms with Crippen molar-refractivity contribution in [1.82, 2.24) is 14.7 Å². The summed E-state index contributed by atoms with van der Waals surface area (Å²) < 4.78 is 5.22. The SMILES string of the molecule is COc1cccc(C(=O)N2CC[C@H](O)[C@@H](N3CCN(C)CC3)CC2)c1. The maximum absolute atomic E-state index is 12.8. The molecule has 6 heteroatoms. The monoisotopic (exact) mass is 347 g/mol. The van der Waals surface area contributed by atoms with Crippen LogP contribution in [0.15, 0.2) is 24.3 Å². The first kappa shape index (κ1) is 18.2. The molecule has 6 nitrogen and oxygen atoms in total. The van der Waals surface area contributed by atoms with E-state index in [1.807, 2.05) is 23.1 Å². The van der Waals surface area contributed by atoms with E-state index >= 15 is 0 Å². The molecule has 1 aromatic rings. The van der Waals surface area contributed by atoms with E-state index in [-0.39, 0.29) is 18.1 Å². The molecule has 2 saturated heterocycles. The number of methoxy groups -OCH3 is 1. The van der Waals surface area contributed by atoms with Crippen LogP contribution in [0.4, 0.5) is 0 Å². The lowest BCUT2D eigenvalue weighted by Crippen LogP contribution is -2.52. The molecule has 2 aliphatic rings. The fourth-order valence-corrected chi connectivity index (χ4v) is 3.79. The molecule has 1 amide bonds. The number of carbonyl (C=O) groups is 1. The van der Waals surface area contributed by atoms with E-state index in [0.717, 1.165) is 32.6 Å². The Labute approximate surface area is 150 Å². The number of likely N-dealkylation sites (tertiary alicyclic amines) is 1. The summed E-state index contributed by atoms with van der Waals surface area (Å²) in [6.45, 7) is 5.33. The molecule has 2 fully saturated rings. The van der Waals surface area contributed by atoms with Gasteiger partial charge in [0.1, 0.15) is 5.75 Å². The first-order valence-electron chi connectivity index (χ1n) is 9.12. The van der Waals surface area contributed by atoms with Gasteiger partial charge in [0.25, 0.3) is 5.91 Å². The lowest BCUT2D eigenvalue weighted by molar-refractivity contribution is 0.0224. The molecule has 25 heavy (non-hydrogen) atoms. The number of likely N-dealkylation sites (N-methyl/N-ethyl adjacent to an activating group) is 1. The molecule has 0 unspecified atom stereocenters. The van der Waals surface area contributed by atoms with Gasteiger partial charge in [-0.25, -0.2) is 0 Å². The Morgan fingerprint density at radius 3 is 2.56 bits per heavy atom. The largest absolute Gasteiger partial charge is 0.497 e. The Balaban J connectivity index is 1.64. The van der Waals surface area contributed by atoms with Crippen molar-refractivity contribution in [3.63, 3.8) is 0 Å². The summed E-state index contributed by atoms with van der Waals surface area (Å²) in [5.41, 5.74) is 0.645. The number of nitrogens with zero attached hydrogens (tertiary/aromatic N) is 3. The summed E-state index contributed by atoms with van der Waals surface area (Å²) >= 11 is 0. The average Bonchev–Trinajstić information content (AvgIpc) is 2.84. The van der Waals surface area contributed by atoms with Gasteiger partial charge in [-0.05, 0) is 38.1 Å². The molecule has 1 aromatic carbocycles. The molecule has 0 bridgehead atoms. The highest BCUT2D eigenvalue weighted by atomic mass is 16.5. The van der Waals surface area contributed by atoms with Crippen molar-refractivity contribution in [2.24, 2.45) is 0 Å². The second-order valence-corrected chi connectivity index (χ2v) is 7.08. The molecule has 0 aromatic heterocycles. The van der Waals surface area contributed by atoms with Crippen LogP contribution in [0.5, 0.6) is 5.75 Å². The van der Waals surface area contributed by atoms with Crippen molar-refractivity contribution in [2.75, 3.05) is 53.4 Å². The predicted octanol–water partition coefficient (Wildman–Crippen LogP) is 0.908. The Morgan fingerprint density at radius 2 is 1.84 bits per heavy atom. The van der Waals surface area contributed by atoms with Crippen molar-refractivity contribution in [3.8, 4) is 5.75 Å². The van der Waals surface area contributed by atoms with Gasteiger partial charge in [-0.15, -0.1) is 0 Å². The van der Waals surface area contributed by atoms with Gasteiger partial charge in [0.15, 0.2) is 0 Å². The van der Waals surface area contributed by atoms with Gasteiger partial charge in [0, 0.05) is 50.9 Å². The Bertz CT molecular complexity index is 587. The van der Waals surface area contributed by atoms with Crippen LogP contribution in [0, 0.1) is 0 Å². The van der Waals surface area contributed by atoms with E-state index < -0.39 is 0 Å². The summed E-state index contributed by atoms with van der Waals surface area (Å²) in [4.78, 5) is 19.4. The van der Waals surface area contributed by atoms with Crippen LogP contribution < -0.4 is 4.74 Å². The number of piperazine rings is 1. The number of rotatable bonds is 3. The molecule has 2 aliphatic heterocycles. The minimum absolute atomic E-state index is 0.0186. The maximum atomic E-state index is 12.8. The number of amides is 1. The number of hydrogen-bond donors (Lipinski definition) is 1. The highest BCUT2D eigenvalue weighted by Crippen LogP contribution is 2.21. The molecule has 2 heterocycles. The Morgan fingerprint density at radius 1 is 1.12 bits per heavy atom. The molecule has 0 radical (unpaired) electrons. The highest BCUT2D eigenvalue weighted by Gasteiger charge is 2.32. The van der Waals surface area contributed by atoms with Crippen LogP contribution in [0.1, 0.15) is 23.2 Å². The van der Waals surface area contributed by atoms with Gasteiger partial charge >= 0.3 is 0 Å². The lowest BCUT2D eigenvalue weighted by Gasteiger charge is -2.39. The molecule has 0 aliphatic carbocycles. The second kappa shape index (κ2) is 8.17. The Kier molecular flexibility index (Phi) is 5.93. The van der Waals surface area contributed by atoms with Crippen LogP contribution >= 0.6 is 0 Å². The zero-order valence-corrected chi connectivity index (χ0v) is 15.2. The quantitative estimate of drug-likeness (QED) is 0.881. The van der Waals surface area contributed by atoms with Crippen LogP contribution in [0.25, 0.3) is 0 Å². The van der Waals surface area contributed by atoms with E-state index in [9.17, 15) is 9.90 Å². The second-order valence-electron chi connectivity index (χ2n) is 7.08. The molecular formula is C19H29N3O3. The van der Waals surface area contributed by atoms with Crippen LogP contribution in [-0.4, -0.2) is 91.3 Å². The van der Waals surface area contributed by atoms with Crippen molar-refractivity contribution >= 4 is 5.91 Å². The lowest BCUT2D eigenvalue weighted by atomic mass is 10.0. The summed E-state index contributed by atoms with van der Waals surface area (Å²) in [6.07, 6.45) is 1.08. The van der Waals surface area contributed by atoms with E-state index in [2.05, 4.69) is 16.8 Å². The van der Waals surface area contributed by atoms with Crippen molar-refractivity contribution in [1.29, 1.82) is 0 Å². The van der Waals surface area contributed by atoms with Gasteiger partial charge in [-0.2, -0.15) is 0 Å². The first-order valence-corrected chi connectivity index (χ1v) is 9.12. The number of ether oxygens (including phenoxy) is 1. The van der Waals surface area contributed by atoms with E-state index in [4.69, 9.17) is 4.74 Å². The van der Waals surface area contributed by atoms with Gasteiger partial charge in [-0.3, -0.25) is 9.69 Å². The zero-order valence-electron chi connectivity index (χ0n) is 15.2. The third-order valence-electron chi connectivity index (χ3n) is 5.44. The fraction of sp³-hybridized carbons (Fsp3) is 0.632. The van der Waals surface area contributed by atoms with Crippen molar-refractivity contribution in [2.45, 2.75) is 25.0 Å². The molecule has 0 saturated carbocycles. The number of aliphatic hydroxyl groups excluding tert-OH is 1. The minimum atomic E-state index is -0.369. The van der Waals surface area contributed by atoms with Crippen molar-refractivity contribution in [3.05, 3.63) is 29.8 Å². The average molecular weight is 347 g/mol. The predicted molar refractivity (Wildman–Crippen MR) is 97.0 cm³/mol. The summed E-state index contributed by atoms with van der Waals surface area (Å²) in [5, 5.41) is 10.6. The van der Waals surface area contributed by atoms with E-state index in [1.165, 1.54) is 0 Å². The molecule has 0 spiro atoms. The highest BCUT2D eigenvalue weighted by molar-refractivity contribution is 5.94. The number of aliphatic hydroxyl groups is 1. The molecule has 3 rings (SSSR count). The molecule has 138 valence electrons. The van der Waals surface area contributed by atoms with Gasteiger partial charge in [0.05, 0.1) is 13.2 Å². The summed E-state index contributed by atoms with van der Waals surface area (Å²) in [5.74, 6) is 0.709. The molecule has 2 atom stereocenters.